The quantitative estimate of drug-likeness (QED) is 0.528. The van der Waals surface area contributed by atoms with Crippen molar-refractivity contribution >= 4 is 5.71 Å². The SMILES string of the molecule is C/C(=N\OCc1c(C)cccc1-n1nnn(C)c1=O)c1ccccc1. The lowest BCUT2D eigenvalue weighted by molar-refractivity contribution is 0.130. The smallest absolute Gasteiger partial charge is 0.368 e. The van der Waals surface area contributed by atoms with Crippen LogP contribution in [0.5, 0.6) is 0 Å². The van der Waals surface area contributed by atoms with Crippen molar-refractivity contribution in [3.8, 4) is 5.69 Å². The van der Waals surface area contributed by atoms with Gasteiger partial charge >= 0.3 is 5.69 Å². The lowest BCUT2D eigenvalue weighted by atomic mass is 10.1. The lowest BCUT2D eigenvalue weighted by Crippen LogP contribution is -2.23. The molecule has 2 aromatic carbocycles. The predicted octanol–water partition coefficient (Wildman–Crippen LogP) is 2.22. The van der Waals surface area contributed by atoms with Gasteiger partial charge < -0.3 is 4.84 Å². The van der Waals surface area contributed by atoms with Crippen molar-refractivity contribution in [2.24, 2.45) is 12.2 Å². The number of oxime groups is 1. The summed E-state index contributed by atoms with van der Waals surface area (Å²) in [5, 5.41) is 11.8. The third-order valence-electron chi connectivity index (χ3n) is 3.94. The second-order valence-corrected chi connectivity index (χ2v) is 5.69. The van der Waals surface area contributed by atoms with Gasteiger partial charge in [0.2, 0.25) is 0 Å². The van der Waals surface area contributed by atoms with E-state index in [1.165, 1.54) is 9.36 Å². The Morgan fingerprint density at radius 1 is 1.12 bits per heavy atom. The molecule has 0 aliphatic heterocycles. The molecule has 0 aliphatic carbocycles. The van der Waals surface area contributed by atoms with Crippen LogP contribution in [-0.2, 0) is 18.5 Å². The van der Waals surface area contributed by atoms with E-state index >= 15 is 0 Å². The van der Waals surface area contributed by atoms with Crippen LogP contribution < -0.4 is 5.69 Å². The summed E-state index contributed by atoms with van der Waals surface area (Å²) < 4.78 is 2.45. The van der Waals surface area contributed by atoms with Crippen LogP contribution in [0.2, 0.25) is 0 Å². The molecule has 0 aliphatic rings. The van der Waals surface area contributed by atoms with Gasteiger partial charge in [-0.05, 0) is 41.5 Å². The Bertz CT molecular complexity index is 957. The van der Waals surface area contributed by atoms with Gasteiger partial charge in [-0.2, -0.15) is 9.36 Å². The normalized spacial score (nSPS) is 11.6. The number of nitrogens with zero attached hydrogens (tertiary/aromatic N) is 5. The number of tetrazole rings is 1. The highest BCUT2D eigenvalue weighted by atomic mass is 16.6. The van der Waals surface area contributed by atoms with Crippen molar-refractivity contribution in [1.29, 1.82) is 0 Å². The van der Waals surface area contributed by atoms with Crippen LogP contribution in [0.25, 0.3) is 5.69 Å². The average molecular weight is 337 g/mol. The first-order chi connectivity index (χ1) is 12.1. The van der Waals surface area contributed by atoms with Crippen molar-refractivity contribution in [2.75, 3.05) is 0 Å². The van der Waals surface area contributed by atoms with E-state index in [1.54, 1.807) is 7.05 Å². The fourth-order valence-electron chi connectivity index (χ4n) is 2.46. The minimum absolute atomic E-state index is 0.231. The van der Waals surface area contributed by atoms with Crippen LogP contribution in [-0.4, -0.2) is 25.5 Å². The van der Waals surface area contributed by atoms with Gasteiger partial charge in [0.1, 0.15) is 6.61 Å². The highest BCUT2D eigenvalue weighted by Crippen LogP contribution is 2.18. The van der Waals surface area contributed by atoms with Crippen molar-refractivity contribution in [1.82, 2.24) is 19.8 Å². The van der Waals surface area contributed by atoms with Gasteiger partial charge in [0.05, 0.1) is 11.4 Å². The van der Waals surface area contributed by atoms with E-state index in [4.69, 9.17) is 4.84 Å². The molecule has 0 atom stereocenters. The monoisotopic (exact) mass is 337 g/mol. The molecule has 0 radical (unpaired) electrons. The summed E-state index contributed by atoms with van der Waals surface area (Å²) in [6, 6.07) is 15.4. The standard InChI is InChI=1S/C18H19N5O2/c1-13-8-7-11-17(23-18(24)22(3)20-21-23)16(13)12-25-19-14(2)15-9-5-4-6-10-15/h4-11H,12H2,1-3H3/b19-14+. The maximum atomic E-state index is 12.1. The Balaban J connectivity index is 1.86. The van der Waals surface area contributed by atoms with Gasteiger partial charge in [0, 0.05) is 12.6 Å². The molecule has 0 fully saturated rings. The molecule has 0 N–H and O–H groups in total. The molecule has 25 heavy (non-hydrogen) atoms. The summed E-state index contributed by atoms with van der Waals surface area (Å²) in [4.78, 5) is 17.7. The zero-order valence-electron chi connectivity index (χ0n) is 14.4. The molecule has 7 nitrogen and oxygen atoms in total. The molecular formula is C18H19N5O2. The Morgan fingerprint density at radius 2 is 1.88 bits per heavy atom. The van der Waals surface area contributed by atoms with Crippen molar-refractivity contribution in [3.63, 3.8) is 0 Å². The first-order valence-electron chi connectivity index (χ1n) is 7.88. The van der Waals surface area contributed by atoms with Gasteiger partial charge in [0.15, 0.2) is 0 Å². The Hall–Kier alpha value is -3.22. The van der Waals surface area contributed by atoms with Crippen molar-refractivity contribution in [2.45, 2.75) is 20.5 Å². The topological polar surface area (TPSA) is 74.3 Å². The molecule has 0 bridgehead atoms. The van der Waals surface area contributed by atoms with E-state index in [0.29, 0.717) is 5.69 Å². The van der Waals surface area contributed by atoms with E-state index in [1.807, 2.05) is 62.4 Å². The molecule has 7 heteroatoms. The molecule has 1 heterocycles. The lowest BCUT2D eigenvalue weighted by Gasteiger charge is -2.10. The molecule has 0 saturated heterocycles. The van der Waals surface area contributed by atoms with Crippen molar-refractivity contribution in [3.05, 3.63) is 75.7 Å². The van der Waals surface area contributed by atoms with E-state index in [0.717, 1.165) is 22.4 Å². The zero-order chi connectivity index (χ0) is 17.8. The molecule has 128 valence electrons. The molecule has 3 aromatic rings. The summed E-state index contributed by atoms with van der Waals surface area (Å²) in [5.41, 5.74) is 3.95. The van der Waals surface area contributed by atoms with Crippen LogP contribution in [0.4, 0.5) is 0 Å². The third-order valence-corrected chi connectivity index (χ3v) is 3.94. The second kappa shape index (κ2) is 7.12. The zero-order valence-corrected chi connectivity index (χ0v) is 14.4. The molecule has 1 aromatic heterocycles. The van der Waals surface area contributed by atoms with Gasteiger partial charge in [-0.15, -0.1) is 0 Å². The summed E-state index contributed by atoms with van der Waals surface area (Å²) >= 11 is 0. The minimum Gasteiger partial charge on any atom is -0.391 e. The number of rotatable bonds is 5. The van der Waals surface area contributed by atoms with Crippen LogP contribution in [0.1, 0.15) is 23.6 Å². The first-order valence-corrected chi connectivity index (χ1v) is 7.88. The number of hydrogen-bond acceptors (Lipinski definition) is 5. The third kappa shape index (κ3) is 3.50. The highest BCUT2D eigenvalue weighted by molar-refractivity contribution is 5.98. The van der Waals surface area contributed by atoms with Crippen LogP contribution in [0.15, 0.2) is 58.5 Å². The Labute approximate surface area is 145 Å². The second-order valence-electron chi connectivity index (χ2n) is 5.69. The maximum absolute atomic E-state index is 12.1. The van der Waals surface area contributed by atoms with E-state index in [-0.39, 0.29) is 12.3 Å². The molecule has 3 rings (SSSR count). The summed E-state index contributed by atoms with van der Waals surface area (Å²) in [6.45, 7) is 4.08. The number of aryl methyl sites for hydroxylation is 2. The molecular weight excluding hydrogens is 318 g/mol. The van der Waals surface area contributed by atoms with E-state index < -0.39 is 0 Å². The molecule has 0 unspecified atom stereocenters. The van der Waals surface area contributed by atoms with Crippen LogP contribution in [0.3, 0.4) is 0 Å². The van der Waals surface area contributed by atoms with Crippen LogP contribution in [0, 0.1) is 6.92 Å². The summed E-state index contributed by atoms with van der Waals surface area (Å²) in [5.74, 6) is 0. The fraction of sp³-hybridized carbons (Fsp3) is 0.222. The van der Waals surface area contributed by atoms with E-state index in [2.05, 4.69) is 15.6 Å². The largest absolute Gasteiger partial charge is 0.391 e. The first kappa shape index (κ1) is 16.6. The van der Waals surface area contributed by atoms with Gasteiger partial charge in [-0.25, -0.2) is 4.79 Å². The Kier molecular flexibility index (Phi) is 4.74. The van der Waals surface area contributed by atoms with Gasteiger partial charge in [-0.3, -0.25) is 0 Å². The number of aromatic nitrogens is 4. The Morgan fingerprint density at radius 3 is 2.56 bits per heavy atom. The van der Waals surface area contributed by atoms with Gasteiger partial charge in [0.25, 0.3) is 0 Å². The van der Waals surface area contributed by atoms with Crippen molar-refractivity contribution < 1.29 is 4.84 Å². The summed E-state index contributed by atoms with van der Waals surface area (Å²) in [6.07, 6.45) is 0. The van der Waals surface area contributed by atoms with E-state index in [9.17, 15) is 4.79 Å². The molecule has 0 spiro atoms. The highest BCUT2D eigenvalue weighted by Gasteiger charge is 2.13. The van der Waals surface area contributed by atoms with Crippen LogP contribution >= 0.6 is 0 Å². The number of hydrogen-bond donors (Lipinski definition) is 0. The number of benzene rings is 2. The van der Waals surface area contributed by atoms with Gasteiger partial charge in [-0.1, -0.05) is 47.6 Å². The molecule has 0 saturated carbocycles. The average Bonchev–Trinajstić information content (AvgIpc) is 2.96. The predicted molar refractivity (Wildman–Crippen MR) is 94.8 cm³/mol. The summed E-state index contributed by atoms with van der Waals surface area (Å²) in [7, 11) is 1.56. The minimum atomic E-state index is -0.309. The fourth-order valence-corrected chi connectivity index (χ4v) is 2.46. The maximum Gasteiger partial charge on any atom is 0.368 e. The molecule has 0 amide bonds.